The fourth-order valence-electron chi connectivity index (χ4n) is 3.59. The molecule has 3 aromatic rings. The summed E-state index contributed by atoms with van der Waals surface area (Å²) in [5.74, 6) is 0.273. The van der Waals surface area contributed by atoms with Crippen LogP contribution >= 0.6 is 0 Å². The maximum absolute atomic E-state index is 12.8. The molecular weight excluding hydrogens is 366 g/mol. The Kier molecular flexibility index (Phi) is 5.65. The molecule has 7 heteroatoms. The van der Waals surface area contributed by atoms with Crippen LogP contribution < -0.4 is 5.32 Å². The van der Waals surface area contributed by atoms with Crippen molar-refractivity contribution in [1.82, 2.24) is 19.7 Å². The molecule has 1 unspecified atom stereocenters. The van der Waals surface area contributed by atoms with Crippen molar-refractivity contribution in [2.45, 2.75) is 31.8 Å². The first-order valence-electron chi connectivity index (χ1n) is 9.77. The summed E-state index contributed by atoms with van der Waals surface area (Å²) < 4.78 is 1.73. The van der Waals surface area contributed by atoms with E-state index in [0.717, 1.165) is 17.7 Å². The summed E-state index contributed by atoms with van der Waals surface area (Å²) in [5.41, 5.74) is 1.85. The second-order valence-corrected chi connectivity index (χ2v) is 7.12. The van der Waals surface area contributed by atoms with Gasteiger partial charge in [0.25, 0.3) is 0 Å². The Morgan fingerprint density at radius 1 is 1.07 bits per heavy atom. The van der Waals surface area contributed by atoms with Crippen LogP contribution in [0.2, 0.25) is 0 Å². The number of carbonyl (C=O) groups excluding carboxylic acids is 2. The van der Waals surface area contributed by atoms with Crippen molar-refractivity contribution in [3.05, 3.63) is 78.2 Å². The maximum atomic E-state index is 12.8. The number of pyridine rings is 1. The van der Waals surface area contributed by atoms with Crippen LogP contribution in [0.4, 0.5) is 5.82 Å². The minimum atomic E-state index is -0.452. The van der Waals surface area contributed by atoms with E-state index in [2.05, 4.69) is 15.4 Å². The Labute approximate surface area is 169 Å². The van der Waals surface area contributed by atoms with E-state index in [-0.39, 0.29) is 11.8 Å². The number of hydrogen-bond donors (Lipinski definition) is 1. The third kappa shape index (κ3) is 4.68. The van der Waals surface area contributed by atoms with Gasteiger partial charge in [0.15, 0.2) is 5.82 Å². The predicted octanol–water partition coefficient (Wildman–Crippen LogP) is 2.50. The van der Waals surface area contributed by atoms with E-state index in [4.69, 9.17) is 0 Å². The minimum Gasteiger partial charge on any atom is -0.330 e. The lowest BCUT2D eigenvalue weighted by Crippen LogP contribution is -2.43. The van der Waals surface area contributed by atoms with Gasteiger partial charge in [-0.1, -0.05) is 36.4 Å². The molecule has 1 fully saturated rings. The van der Waals surface area contributed by atoms with Crippen molar-refractivity contribution in [2.24, 2.45) is 0 Å². The average Bonchev–Trinajstić information content (AvgIpc) is 3.39. The van der Waals surface area contributed by atoms with E-state index in [1.54, 1.807) is 28.0 Å². The topological polar surface area (TPSA) is 80.1 Å². The highest BCUT2D eigenvalue weighted by atomic mass is 16.2. The Morgan fingerprint density at radius 3 is 2.69 bits per heavy atom. The molecule has 3 heterocycles. The van der Waals surface area contributed by atoms with Gasteiger partial charge in [0, 0.05) is 25.0 Å². The molecule has 2 amide bonds. The lowest BCUT2D eigenvalue weighted by molar-refractivity contribution is -0.136. The molecule has 0 radical (unpaired) electrons. The molecule has 4 rings (SSSR count). The van der Waals surface area contributed by atoms with Gasteiger partial charge in [-0.3, -0.25) is 19.3 Å². The third-order valence-corrected chi connectivity index (χ3v) is 5.02. The van der Waals surface area contributed by atoms with Crippen LogP contribution in [0.15, 0.2) is 67.0 Å². The lowest BCUT2D eigenvalue weighted by Gasteiger charge is -2.23. The molecule has 0 bridgehead atoms. The van der Waals surface area contributed by atoms with Crippen LogP contribution in [0, 0.1) is 0 Å². The number of nitrogens with zero attached hydrogens (tertiary/aromatic N) is 4. The van der Waals surface area contributed by atoms with Crippen LogP contribution in [0.5, 0.6) is 0 Å². The number of amides is 2. The van der Waals surface area contributed by atoms with Crippen LogP contribution in [-0.2, 0) is 22.6 Å². The van der Waals surface area contributed by atoms with Crippen LogP contribution in [0.25, 0.3) is 0 Å². The number of rotatable bonds is 6. The predicted molar refractivity (Wildman–Crippen MR) is 109 cm³/mol. The van der Waals surface area contributed by atoms with Gasteiger partial charge in [-0.15, -0.1) is 0 Å². The number of aromatic nitrogens is 3. The van der Waals surface area contributed by atoms with E-state index >= 15 is 0 Å². The molecule has 7 nitrogen and oxygen atoms in total. The second-order valence-electron chi connectivity index (χ2n) is 7.12. The summed E-state index contributed by atoms with van der Waals surface area (Å²) in [7, 11) is 0. The van der Waals surface area contributed by atoms with Gasteiger partial charge in [-0.2, -0.15) is 5.10 Å². The molecule has 148 valence electrons. The van der Waals surface area contributed by atoms with Crippen LogP contribution in [0.1, 0.15) is 24.1 Å². The van der Waals surface area contributed by atoms with Crippen molar-refractivity contribution >= 4 is 17.6 Å². The molecule has 2 aromatic heterocycles. The lowest BCUT2D eigenvalue weighted by atomic mass is 10.1. The summed E-state index contributed by atoms with van der Waals surface area (Å²) in [5, 5.41) is 7.25. The number of anilines is 1. The standard InChI is InChI=1S/C22H23N5O2/c28-21(15-17-7-2-1-3-8-17)27-13-6-10-19(27)22(29)24-20-11-14-26(25-20)16-18-9-4-5-12-23-18/h1-5,7-9,11-12,14,19H,6,10,13,15-16H2,(H,24,25,29). The van der Waals surface area contributed by atoms with Crippen molar-refractivity contribution in [3.8, 4) is 0 Å². The highest BCUT2D eigenvalue weighted by Crippen LogP contribution is 2.20. The van der Waals surface area contributed by atoms with Crippen molar-refractivity contribution in [1.29, 1.82) is 0 Å². The summed E-state index contributed by atoms with van der Waals surface area (Å²) in [6.07, 6.45) is 5.34. The summed E-state index contributed by atoms with van der Waals surface area (Å²) in [4.78, 5) is 31.5. The van der Waals surface area contributed by atoms with E-state index in [0.29, 0.717) is 31.7 Å². The van der Waals surface area contributed by atoms with Crippen molar-refractivity contribution < 1.29 is 9.59 Å². The van der Waals surface area contributed by atoms with E-state index in [9.17, 15) is 9.59 Å². The van der Waals surface area contributed by atoms with E-state index in [1.807, 2.05) is 48.5 Å². The minimum absolute atomic E-state index is 0.0190. The van der Waals surface area contributed by atoms with Crippen LogP contribution in [-0.4, -0.2) is 44.1 Å². The third-order valence-electron chi connectivity index (χ3n) is 5.02. The molecule has 0 saturated carbocycles. The molecule has 0 spiro atoms. The highest BCUT2D eigenvalue weighted by molar-refractivity contribution is 5.97. The number of likely N-dealkylation sites (tertiary alicyclic amines) is 1. The van der Waals surface area contributed by atoms with Crippen molar-refractivity contribution in [3.63, 3.8) is 0 Å². The first-order chi connectivity index (χ1) is 14.2. The summed E-state index contributed by atoms with van der Waals surface area (Å²) in [6.45, 7) is 1.14. The number of carbonyl (C=O) groups is 2. The molecule has 1 atom stereocenters. The first kappa shape index (κ1) is 18.9. The van der Waals surface area contributed by atoms with Gasteiger partial charge < -0.3 is 10.2 Å². The molecule has 1 aromatic carbocycles. The van der Waals surface area contributed by atoms with Crippen molar-refractivity contribution in [2.75, 3.05) is 11.9 Å². The average molecular weight is 389 g/mol. The molecule has 0 aliphatic carbocycles. The molecule has 1 aliphatic rings. The Bertz CT molecular complexity index is 971. The SMILES string of the molecule is O=C(Nc1ccn(Cc2ccccn2)n1)C1CCCN1C(=O)Cc1ccccc1. The largest absolute Gasteiger partial charge is 0.330 e. The van der Waals surface area contributed by atoms with Gasteiger partial charge in [0.1, 0.15) is 6.04 Å². The zero-order valence-corrected chi connectivity index (χ0v) is 16.1. The highest BCUT2D eigenvalue weighted by Gasteiger charge is 2.34. The summed E-state index contributed by atoms with van der Waals surface area (Å²) >= 11 is 0. The number of nitrogens with one attached hydrogen (secondary N) is 1. The van der Waals surface area contributed by atoms with E-state index in [1.165, 1.54) is 0 Å². The Balaban J connectivity index is 1.37. The number of hydrogen-bond acceptors (Lipinski definition) is 4. The monoisotopic (exact) mass is 389 g/mol. The Morgan fingerprint density at radius 2 is 1.90 bits per heavy atom. The fraction of sp³-hybridized carbons (Fsp3) is 0.273. The van der Waals surface area contributed by atoms with Gasteiger partial charge in [0.2, 0.25) is 11.8 Å². The molecular formula is C22H23N5O2. The Hall–Kier alpha value is -3.48. The fourth-order valence-corrected chi connectivity index (χ4v) is 3.59. The van der Waals surface area contributed by atoms with Crippen LogP contribution in [0.3, 0.4) is 0 Å². The maximum Gasteiger partial charge on any atom is 0.248 e. The quantitative estimate of drug-likeness (QED) is 0.702. The smallest absolute Gasteiger partial charge is 0.248 e. The van der Waals surface area contributed by atoms with E-state index < -0.39 is 6.04 Å². The van der Waals surface area contributed by atoms with Gasteiger partial charge in [-0.05, 0) is 30.5 Å². The zero-order chi connectivity index (χ0) is 20.1. The van der Waals surface area contributed by atoms with Gasteiger partial charge >= 0.3 is 0 Å². The molecule has 1 saturated heterocycles. The first-order valence-corrected chi connectivity index (χ1v) is 9.77. The molecule has 1 aliphatic heterocycles. The van der Waals surface area contributed by atoms with Gasteiger partial charge in [-0.25, -0.2) is 0 Å². The molecule has 1 N–H and O–H groups in total. The molecule has 29 heavy (non-hydrogen) atoms. The zero-order valence-electron chi connectivity index (χ0n) is 16.1. The second kappa shape index (κ2) is 8.68. The summed E-state index contributed by atoms with van der Waals surface area (Å²) in [6, 6.07) is 16.6. The number of benzene rings is 1. The van der Waals surface area contributed by atoms with Gasteiger partial charge in [0.05, 0.1) is 18.7 Å². The normalized spacial score (nSPS) is 16.0.